The van der Waals surface area contributed by atoms with Gasteiger partial charge in [0.25, 0.3) is 0 Å². The molecule has 112 valence electrons. The van der Waals surface area contributed by atoms with Gasteiger partial charge in [-0.15, -0.1) is 0 Å². The lowest BCUT2D eigenvalue weighted by Crippen LogP contribution is -2.43. The molecule has 19 heavy (non-hydrogen) atoms. The second-order valence-corrected chi connectivity index (χ2v) is 6.60. The van der Waals surface area contributed by atoms with Crippen molar-refractivity contribution in [1.29, 1.82) is 0 Å². The SMILES string of the molecule is CCN1CCC(C(C)NCC2CCCC2CO)CC1. The van der Waals surface area contributed by atoms with Gasteiger partial charge in [-0.2, -0.15) is 0 Å². The van der Waals surface area contributed by atoms with Gasteiger partial charge in [0.15, 0.2) is 0 Å². The fraction of sp³-hybridized carbons (Fsp3) is 1.00. The second kappa shape index (κ2) is 7.61. The van der Waals surface area contributed by atoms with Crippen LogP contribution in [0.25, 0.3) is 0 Å². The van der Waals surface area contributed by atoms with Gasteiger partial charge in [0.05, 0.1) is 0 Å². The molecule has 2 rings (SSSR count). The standard InChI is InChI=1S/C16H32N2O/c1-3-18-9-7-14(8-10-18)13(2)17-11-15-5-4-6-16(15)12-19/h13-17,19H,3-12H2,1-2H3. The first kappa shape index (κ1) is 15.3. The number of aliphatic hydroxyl groups excluding tert-OH is 1. The molecule has 0 bridgehead atoms. The highest BCUT2D eigenvalue weighted by atomic mass is 16.3. The molecule has 1 saturated carbocycles. The van der Waals surface area contributed by atoms with Crippen molar-refractivity contribution in [1.82, 2.24) is 10.2 Å². The molecule has 1 aliphatic carbocycles. The maximum atomic E-state index is 9.37. The fourth-order valence-electron chi connectivity index (χ4n) is 3.90. The topological polar surface area (TPSA) is 35.5 Å². The first-order valence-electron chi connectivity index (χ1n) is 8.31. The van der Waals surface area contributed by atoms with E-state index in [0.29, 0.717) is 24.5 Å². The summed E-state index contributed by atoms with van der Waals surface area (Å²) in [5.41, 5.74) is 0. The van der Waals surface area contributed by atoms with Crippen LogP contribution in [-0.4, -0.2) is 48.8 Å². The molecule has 3 heteroatoms. The van der Waals surface area contributed by atoms with Crippen molar-refractivity contribution < 1.29 is 5.11 Å². The van der Waals surface area contributed by atoms with E-state index in [-0.39, 0.29) is 0 Å². The quantitative estimate of drug-likeness (QED) is 0.774. The number of nitrogens with zero attached hydrogens (tertiary/aromatic N) is 1. The highest BCUT2D eigenvalue weighted by molar-refractivity contribution is 4.83. The molecule has 0 aromatic carbocycles. The third kappa shape index (κ3) is 4.17. The Kier molecular flexibility index (Phi) is 6.11. The summed E-state index contributed by atoms with van der Waals surface area (Å²) in [6.07, 6.45) is 6.53. The first-order valence-corrected chi connectivity index (χ1v) is 8.31. The number of likely N-dealkylation sites (tertiary alicyclic amines) is 1. The molecule has 2 aliphatic rings. The Balaban J connectivity index is 1.68. The van der Waals surface area contributed by atoms with Crippen molar-refractivity contribution in [3.8, 4) is 0 Å². The number of hydrogen-bond acceptors (Lipinski definition) is 3. The molecule has 1 aliphatic heterocycles. The van der Waals surface area contributed by atoms with Gasteiger partial charge in [0.1, 0.15) is 0 Å². The van der Waals surface area contributed by atoms with Gasteiger partial charge in [-0.05, 0) is 76.5 Å². The maximum Gasteiger partial charge on any atom is 0.0462 e. The third-order valence-corrected chi connectivity index (χ3v) is 5.54. The van der Waals surface area contributed by atoms with E-state index in [1.807, 2.05) is 0 Å². The van der Waals surface area contributed by atoms with Crippen LogP contribution < -0.4 is 5.32 Å². The number of nitrogens with one attached hydrogen (secondary N) is 1. The zero-order chi connectivity index (χ0) is 13.7. The molecule has 3 nitrogen and oxygen atoms in total. The molecule has 3 atom stereocenters. The molecular formula is C16H32N2O. The van der Waals surface area contributed by atoms with Crippen LogP contribution in [0.4, 0.5) is 0 Å². The molecule has 1 heterocycles. The minimum absolute atomic E-state index is 0.385. The Hall–Kier alpha value is -0.120. The largest absolute Gasteiger partial charge is 0.396 e. The number of piperidine rings is 1. The zero-order valence-electron chi connectivity index (χ0n) is 12.8. The third-order valence-electron chi connectivity index (χ3n) is 5.54. The predicted molar refractivity (Wildman–Crippen MR) is 80.2 cm³/mol. The summed E-state index contributed by atoms with van der Waals surface area (Å²) in [5.74, 6) is 2.11. The van der Waals surface area contributed by atoms with Crippen molar-refractivity contribution in [2.24, 2.45) is 17.8 Å². The van der Waals surface area contributed by atoms with E-state index in [0.717, 1.165) is 12.5 Å². The average molecular weight is 268 g/mol. The summed E-state index contributed by atoms with van der Waals surface area (Å²) in [6.45, 7) is 9.86. The molecule has 0 aromatic rings. The van der Waals surface area contributed by atoms with E-state index in [9.17, 15) is 5.11 Å². The second-order valence-electron chi connectivity index (χ2n) is 6.60. The Labute approximate surface area is 118 Å². The molecule has 1 saturated heterocycles. The van der Waals surface area contributed by atoms with E-state index in [1.54, 1.807) is 0 Å². The zero-order valence-corrected chi connectivity index (χ0v) is 12.8. The maximum absolute atomic E-state index is 9.37. The summed E-state index contributed by atoms with van der Waals surface area (Å²) in [5, 5.41) is 13.1. The van der Waals surface area contributed by atoms with Gasteiger partial charge < -0.3 is 15.3 Å². The molecule has 3 unspecified atom stereocenters. The van der Waals surface area contributed by atoms with E-state index in [2.05, 4.69) is 24.1 Å². The van der Waals surface area contributed by atoms with Crippen molar-refractivity contribution >= 4 is 0 Å². The van der Waals surface area contributed by atoms with Crippen molar-refractivity contribution in [2.75, 3.05) is 32.8 Å². The van der Waals surface area contributed by atoms with Gasteiger partial charge in [-0.3, -0.25) is 0 Å². The van der Waals surface area contributed by atoms with Gasteiger partial charge in [-0.1, -0.05) is 13.3 Å². The Morgan fingerprint density at radius 1 is 1.16 bits per heavy atom. The van der Waals surface area contributed by atoms with Gasteiger partial charge in [-0.25, -0.2) is 0 Å². The van der Waals surface area contributed by atoms with Gasteiger partial charge in [0, 0.05) is 12.6 Å². The van der Waals surface area contributed by atoms with Crippen LogP contribution in [0.15, 0.2) is 0 Å². The lowest BCUT2D eigenvalue weighted by atomic mass is 9.89. The molecular weight excluding hydrogens is 236 g/mol. The van der Waals surface area contributed by atoms with Crippen LogP contribution >= 0.6 is 0 Å². The monoisotopic (exact) mass is 268 g/mol. The lowest BCUT2D eigenvalue weighted by molar-refractivity contribution is 0.158. The Morgan fingerprint density at radius 3 is 2.47 bits per heavy atom. The number of rotatable bonds is 6. The highest BCUT2D eigenvalue weighted by Crippen LogP contribution is 2.31. The summed E-state index contributed by atoms with van der Waals surface area (Å²) in [7, 11) is 0. The fourth-order valence-corrected chi connectivity index (χ4v) is 3.90. The summed E-state index contributed by atoms with van der Waals surface area (Å²) in [4.78, 5) is 2.56. The van der Waals surface area contributed by atoms with Gasteiger partial charge in [0.2, 0.25) is 0 Å². The van der Waals surface area contributed by atoms with Crippen LogP contribution in [0.1, 0.15) is 46.0 Å². The van der Waals surface area contributed by atoms with Crippen LogP contribution in [0.5, 0.6) is 0 Å². The van der Waals surface area contributed by atoms with E-state index in [4.69, 9.17) is 0 Å². The normalized spacial score (nSPS) is 31.7. The average Bonchev–Trinajstić information content (AvgIpc) is 2.92. The van der Waals surface area contributed by atoms with Crippen LogP contribution in [0.3, 0.4) is 0 Å². The Morgan fingerprint density at radius 2 is 1.84 bits per heavy atom. The van der Waals surface area contributed by atoms with Crippen LogP contribution in [0.2, 0.25) is 0 Å². The lowest BCUT2D eigenvalue weighted by Gasteiger charge is -2.35. The molecule has 2 fully saturated rings. The molecule has 0 amide bonds. The van der Waals surface area contributed by atoms with E-state index in [1.165, 1.54) is 51.7 Å². The molecule has 0 aromatic heterocycles. The van der Waals surface area contributed by atoms with Crippen molar-refractivity contribution in [3.63, 3.8) is 0 Å². The molecule has 0 spiro atoms. The summed E-state index contributed by atoms with van der Waals surface area (Å²) in [6, 6.07) is 0.638. The molecule has 2 N–H and O–H groups in total. The first-order chi connectivity index (χ1) is 9.24. The number of hydrogen-bond donors (Lipinski definition) is 2. The number of aliphatic hydroxyl groups is 1. The predicted octanol–water partition coefficient (Wildman–Crippen LogP) is 2.10. The van der Waals surface area contributed by atoms with E-state index < -0.39 is 0 Å². The minimum atomic E-state index is 0.385. The van der Waals surface area contributed by atoms with Gasteiger partial charge >= 0.3 is 0 Å². The highest BCUT2D eigenvalue weighted by Gasteiger charge is 2.28. The minimum Gasteiger partial charge on any atom is -0.396 e. The van der Waals surface area contributed by atoms with Crippen LogP contribution in [-0.2, 0) is 0 Å². The Bertz CT molecular complexity index is 251. The van der Waals surface area contributed by atoms with Crippen molar-refractivity contribution in [2.45, 2.75) is 52.0 Å². The summed E-state index contributed by atoms with van der Waals surface area (Å²) < 4.78 is 0. The van der Waals surface area contributed by atoms with Crippen LogP contribution in [0, 0.1) is 17.8 Å². The van der Waals surface area contributed by atoms with E-state index >= 15 is 0 Å². The summed E-state index contributed by atoms with van der Waals surface area (Å²) >= 11 is 0. The molecule has 0 radical (unpaired) electrons. The van der Waals surface area contributed by atoms with Crippen molar-refractivity contribution in [3.05, 3.63) is 0 Å². The smallest absolute Gasteiger partial charge is 0.0462 e.